The Morgan fingerprint density at radius 2 is 2.33 bits per heavy atom. The molecule has 0 aromatic carbocycles. The van der Waals surface area contributed by atoms with Crippen molar-refractivity contribution >= 4 is 5.97 Å². The van der Waals surface area contributed by atoms with Gasteiger partial charge in [-0.1, -0.05) is 13.8 Å². The van der Waals surface area contributed by atoms with Crippen LogP contribution >= 0.6 is 0 Å². The largest absolute Gasteiger partial charge is 0.465 e. The third kappa shape index (κ3) is 4.73. The Hall–Kier alpha value is -1.04. The fourth-order valence-corrected chi connectivity index (χ4v) is 0.633. The highest BCUT2D eigenvalue weighted by Crippen LogP contribution is 2.03. The van der Waals surface area contributed by atoms with Gasteiger partial charge in [0.15, 0.2) is 0 Å². The molecule has 0 fully saturated rings. The average molecular weight is 169 g/mol. The molecule has 0 aromatic heterocycles. The number of hydrogen-bond donors (Lipinski definition) is 0. The van der Waals surface area contributed by atoms with Gasteiger partial charge in [-0.25, -0.2) is 0 Å². The number of hydrogen-bond acceptors (Lipinski definition) is 3. The quantitative estimate of drug-likeness (QED) is 0.466. The zero-order valence-electron chi connectivity index (χ0n) is 7.67. The lowest BCUT2D eigenvalue weighted by atomic mass is 10.1. The van der Waals surface area contributed by atoms with E-state index in [0.29, 0.717) is 19.4 Å². The lowest BCUT2D eigenvalue weighted by Crippen LogP contribution is -2.14. The Bertz CT molecular complexity index is 172. The van der Waals surface area contributed by atoms with Crippen molar-refractivity contribution in [2.75, 3.05) is 6.61 Å². The van der Waals surface area contributed by atoms with E-state index in [0.717, 1.165) is 6.42 Å². The average Bonchev–Trinajstić information content (AvgIpc) is 2.10. The molecular formula is C9H15NO2. The molecule has 1 atom stereocenters. The van der Waals surface area contributed by atoms with Crippen molar-refractivity contribution in [1.82, 2.24) is 0 Å². The molecule has 0 amide bonds. The second kappa shape index (κ2) is 6.66. The van der Waals surface area contributed by atoms with Crippen LogP contribution in [0.25, 0.3) is 0 Å². The molecule has 0 saturated carbocycles. The van der Waals surface area contributed by atoms with E-state index in [9.17, 15) is 4.79 Å². The molecule has 0 aliphatic rings. The van der Waals surface area contributed by atoms with E-state index < -0.39 is 0 Å². The molecule has 3 heteroatoms. The number of esters is 1. The Balaban J connectivity index is 3.39. The molecule has 0 saturated heterocycles. The van der Waals surface area contributed by atoms with Gasteiger partial charge in [0.25, 0.3) is 0 Å². The van der Waals surface area contributed by atoms with E-state index in [1.165, 1.54) is 0 Å². The lowest BCUT2D eigenvalue weighted by Gasteiger charge is -2.07. The summed E-state index contributed by atoms with van der Waals surface area (Å²) in [6.45, 7) is 4.16. The number of ether oxygens (including phenoxy) is 1. The van der Waals surface area contributed by atoms with Gasteiger partial charge in [0.05, 0.1) is 18.6 Å². The third-order valence-electron chi connectivity index (χ3n) is 1.69. The second-order valence-corrected chi connectivity index (χ2v) is 2.74. The minimum Gasteiger partial charge on any atom is -0.465 e. The topological polar surface area (TPSA) is 50.1 Å². The first-order valence-electron chi connectivity index (χ1n) is 4.26. The number of carbonyl (C=O) groups is 1. The molecule has 12 heavy (non-hydrogen) atoms. The first-order valence-corrected chi connectivity index (χ1v) is 4.26. The van der Waals surface area contributed by atoms with Gasteiger partial charge < -0.3 is 4.74 Å². The van der Waals surface area contributed by atoms with Crippen LogP contribution in [0.15, 0.2) is 0 Å². The van der Waals surface area contributed by atoms with Crippen molar-refractivity contribution in [3.63, 3.8) is 0 Å². The summed E-state index contributed by atoms with van der Waals surface area (Å²) < 4.78 is 4.91. The maximum atomic E-state index is 11.0. The molecule has 1 unspecified atom stereocenters. The van der Waals surface area contributed by atoms with Gasteiger partial charge in [-0.2, -0.15) is 5.26 Å². The molecule has 3 nitrogen and oxygen atoms in total. The van der Waals surface area contributed by atoms with Crippen molar-refractivity contribution in [3.05, 3.63) is 0 Å². The summed E-state index contributed by atoms with van der Waals surface area (Å²) >= 11 is 0. The van der Waals surface area contributed by atoms with Gasteiger partial charge in [-0.05, 0) is 12.8 Å². The van der Waals surface area contributed by atoms with E-state index >= 15 is 0 Å². The maximum Gasteiger partial charge on any atom is 0.308 e. The van der Waals surface area contributed by atoms with Gasteiger partial charge >= 0.3 is 5.97 Å². The molecule has 0 N–H and O–H groups in total. The first kappa shape index (κ1) is 11.0. The summed E-state index contributed by atoms with van der Waals surface area (Å²) in [5.74, 6) is -0.178. The summed E-state index contributed by atoms with van der Waals surface area (Å²) in [7, 11) is 0. The summed E-state index contributed by atoms with van der Waals surface area (Å²) in [5, 5.41) is 8.20. The molecule has 0 radical (unpaired) electrons. The van der Waals surface area contributed by atoms with E-state index in [2.05, 4.69) is 0 Å². The third-order valence-corrected chi connectivity index (χ3v) is 1.69. The van der Waals surface area contributed by atoms with Crippen molar-refractivity contribution in [3.8, 4) is 6.07 Å². The van der Waals surface area contributed by atoms with Crippen LogP contribution < -0.4 is 0 Å². The van der Waals surface area contributed by atoms with Crippen LogP contribution in [-0.2, 0) is 9.53 Å². The van der Waals surface area contributed by atoms with Crippen molar-refractivity contribution in [1.29, 1.82) is 5.26 Å². The normalized spacial score (nSPS) is 11.8. The number of nitrogens with zero attached hydrogens (tertiary/aromatic N) is 1. The molecule has 0 bridgehead atoms. The smallest absolute Gasteiger partial charge is 0.308 e. The fraction of sp³-hybridized carbons (Fsp3) is 0.778. The van der Waals surface area contributed by atoms with Crippen molar-refractivity contribution in [2.24, 2.45) is 5.92 Å². The van der Waals surface area contributed by atoms with Crippen LogP contribution in [0.5, 0.6) is 0 Å². The lowest BCUT2D eigenvalue weighted by molar-refractivity contribution is -0.148. The van der Waals surface area contributed by atoms with Gasteiger partial charge in [-0.3, -0.25) is 4.79 Å². The molecule has 0 rings (SSSR count). The van der Waals surface area contributed by atoms with E-state index in [1.54, 1.807) is 0 Å². The standard InChI is InChI=1S/C9H15NO2/c1-3-8(2)9(11)12-7-5-4-6-10/h8H,3-5,7H2,1-2H3. The van der Waals surface area contributed by atoms with Gasteiger partial charge in [-0.15, -0.1) is 0 Å². The summed E-state index contributed by atoms with van der Waals surface area (Å²) in [6.07, 6.45) is 1.89. The SMILES string of the molecule is CCC(C)C(=O)OCCCC#N. The zero-order chi connectivity index (χ0) is 9.40. The van der Waals surface area contributed by atoms with Gasteiger partial charge in [0.2, 0.25) is 0 Å². The Morgan fingerprint density at radius 3 is 2.83 bits per heavy atom. The molecule has 0 aliphatic heterocycles. The number of unbranched alkanes of at least 4 members (excludes halogenated alkanes) is 1. The van der Waals surface area contributed by atoms with E-state index in [-0.39, 0.29) is 11.9 Å². The van der Waals surface area contributed by atoms with Crippen molar-refractivity contribution in [2.45, 2.75) is 33.1 Å². The minimum atomic E-state index is -0.157. The predicted molar refractivity (Wildman–Crippen MR) is 45.3 cm³/mol. The molecule has 0 heterocycles. The van der Waals surface area contributed by atoms with Crippen LogP contribution in [0, 0.1) is 17.2 Å². The van der Waals surface area contributed by atoms with Crippen LogP contribution in [0.2, 0.25) is 0 Å². The van der Waals surface area contributed by atoms with Gasteiger partial charge in [0, 0.05) is 6.42 Å². The second-order valence-electron chi connectivity index (χ2n) is 2.74. The maximum absolute atomic E-state index is 11.0. The summed E-state index contributed by atoms with van der Waals surface area (Å²) in [6, 6.07) is 1.99. The minimum absolute atomic E-state index is 0.0212. The highest BCUT2D eigenvalue weighted by molar-refractivity contribution is 5.71. The first-order chi connectivity index (χ1) is 5.72. The summed E-state index contributed by atoms with van der Waals surface area (Å²) in [5.41, 5.74) is 0. The molecule has 68 valence electrons. The summed E-state index contributed by atoms with van der Waals surface area (Å²) in [4.78, 5) is 11.0. The fourth-order valence-electron chi connectivity index (χ4n) is 0.633. The number of rotatable bonds is 5. The van der Waals surface area contributed by atoms with Crippen LogP contribution in [0.3, 0.4) is 0 Å². The number of nitriles is 1. The molecule has 0 spiro atoms. The zero-order valence-corrected chi connectivity index (χ0v) is 7.67. The predicted octanol–water partition coefficient (Wildman–Crippen LogP) is 1.88. The van der Waals surface area contributed by atoms with Crippen LogP contribution in [-0.4, -0.2) is 12.6 Å². The van der Waals surface area contributed by atoms with Crippen molar-refractivity contribution < 1.29 is 9.53 Å². The van der Waals surface area contributed by atoms with Gasteiger partial charge in [0.1, 0.15) is 0 Å². The molecule has 0 aromatic rings. The monoisotopic (exact) mass is 169 g/mol. The van der Waals surface area contributed by atoms with Crippen LogP contribution in [0.4, 0.5) is 0 Å². The Labute approximate surface area is 73.3 Å². The molecular weight excluding hydrogens is 154 g/mol. The van der Waals surface area contributed by atoms with Crippen LogP contribution in [0.1, 0.15) is 33.1 Å². The van der Waals surface area contributed by atoms with E-state index in [4.69, 9.17) is 10.00 Å². The Kier molecular flexibility index (Phi) is 6.08. The number of carbonyl (C=O) groups excluding carboxylic acids is 1. The highest BCUT2D eigenvalue weighted by atomic mass is 16.5. The molecule has 0 aliphatic carbocycles. The van der Waals surface area contributed by atoms with E-state index in [1.807, 2.05) is 19.9 Å². The Morgan fingerprint density at radius 1 is 1.67 bits per heavy atom. The highest BCUT2D eigenvalue weighted by Gasteiger charge is 2.10.